The molecule has 0 aromatic heterocycles. The maximum atomic E-state index is 10.7. The zero-order valence-electron chi connectivity index (χ0n) is 12.9. The summed E-state index contributed by atoms with van der Waals surface area (Å²) in [6.07, 6.45) is 3.05. The van der Waals surface area contributed by atoms with Gasteiger partial charge in [-0.3, -0.25) is 4.90 Å². The minimum atomic E-state index is -0.925. The van der Waals surface area contributed by atoms with E-state index in [1.54, 1.807) is 6.08 Å². The lowest BCUT2D eigenvalue weighted by Gasteiger charge is -2.42. The molecule has 1 atom stereocenters. The summed E-state index contributed by atoms with van der Waals surface area (Å²) in [5.41, 5.74) is 1.94. The molecule has 1 N–H and O–H groups in total. The van der Waals surface area contributed by atoms with Gasteiger partial charge in [0, 0.05) is 25.7 Å². The molecule has 1 saturated heterocycles. The van der Waals surface area contributed by atoms with Gasteiger partial charge in [-0.25, -0.2) is 4.79 Å². The van der Waals surface area contributed by atoms with Crippen LogP contribution in [0.4, 0.5) is 0 Å². The molecule has 114 valence electrons. The van der Waals surface area contributed by atoms with E-state index < -0.39 is 5.97 Å². The Bertz CT molecular complexity index is 537. The molecule has 1 aromatic carbocycles. The summed E-state index contributed by atoms with van der Waals surface area (Å²) in [5.74, 6) is -0.925. The summed E-state index contributed by atoms with van der Waals surface area (Å²) in [4.78, 5) is 13.1. The predicted molar refractivity (Wildman–Crippen MR) is 83.0 cm³/mol. The summed E-state index contributed by atoms with van der Waals surface area (Å²) in [5, 5.41) is 8.78. The van der Waals surface area contributed by atoms with Crippen LogP contribution in [-0.4, -0.2) is 40.8 Å². The molecule has 4 nitrogen and oxygen atoms in total. The third-order valence-corrected chi connectivity index (χ3v) is 3.49. The highest BCUT2D eigenvalue weighted by atomic mass is 16.5. The van der Waals surface area contributed by atoms with Gasteiger partial charge in [-0.1, -0.05) is 24.3 Å². The number of nitrogens with zero attached hydrogens (tertiary/aromatic N) is 1. The second-order valence-corrected chi connectivity index (χ2v) is 6.23. The first kappa shape index (κ1) is 15.7. The van der Waals surface area contributed by atoms with Crippen molar-refractivity contribution < 1.29 is 14.6 Å². The van der Waals surface area contributed by atoms with Crippen molar-refractivity contribution in [2.45, 2.75) is 39.0 Å². The fraction of sp³-hybridized carbons (Fsp3) is 0.471. The number of carboxylic acids is 1. The highest BCUT2D eigenvalue weighted by Crippen LogP contribution is 2.23. The van der Waals surface area contributed by atoms with E-state index in [0.717, 1.165) is 30.8 Å². The molecule has 0 aliphatic carbocycles. The SMILES string of the molecule is CC1CN(Cc2ccccc2C=CC(=O)O)CC(C)(C)O1. The minimum Gasteiger partial charge on any atom is -0.478 e. The van der Waals surface area contributed by atoms with Crippen LogP contribution in [0.25, 0.3) is 6.08 Å². The quantitative estimate of drug-likeness (QED) is 0.866. The predicted octanol–water partition coefficient (Wildman–Crippen LogP) is 2.78. The first-order valence-corrected chi connectivity index (χ1v) is 7.25. The van der Waals surface area contributed by atoms with Crippen LogP contribution in [0.5, 0.6) is 0 Å². The van der Waals surface area contributed by atoms with E-state index >= 15 is 0 Å². The van der Waals surface area contributed by atoms with E-state index in [-0.39, 0.29) is 11.7 Å². The molecular formula is C17H23NO3. The molecule has 1 unspecified atom stereocenters. The number of carbonyl (C=O) groups is 1. The average Bonchev–Trinajstić information content (AvgIpc) is 2.35. The van der Waals surface area contributed by atoms with Crippen LogP contribution in [0.1, 0.15) is 31.9 Å². The zero-order valence-corrected chi connectivity index (χ0v) is 12.9. The van der Waals surface area contributed by atoms with Gasteiger partial charge in [0.25, 0.3) is 0 Å². The van der Waals surface area contributed by atoms with Gasteiger partial charge in [-0.05, 0) is 38.0 Å². The number of hydrogen-bond acceptors (Lipinski definition) is 3. The third-order valence-electron chi connectivity index (χ3n) is 3.49. The zero-order chi connectivity index (χ0) is 15.5. The lowest BCUT2D eigenvalue weighted by molar-refractivity contribution is -0.131. The topological polar surface area (TPSA) is 49.8 Å². The van der Waals surface area contributed by atoms with Crippen molar-refractivity contribution in [2.24, 2.45) is 0 Å². The number of carboxylic acid groups (broad SMARTS) is 1. The molecule has 0 spiro atoms. The lowest BCUT2D eigenvalue weighted by Crippen LogP contribution is -2.51. The number of benzene rings is 1. The Labute approximate surface area is 126 Å². The molecule has 2 rings (SSSR count). The summed E-state index contributed by atoms with van der Waals surface area (Å²) in [6, 6.07) is 7.91. The highest BCUT2D eigenvalue weighted by Gasteiger charge is 2.31. The number of aliphatic carboxylic acids is 1. The van der Waals surface area contributed by atoms with Gasteiger partial charge in [0.05, 0.1) is 11.7 Å². The molecule has 1 fully saturated rings. The van der Waals surface area contributed by atoms with Gasteiger partial charge in [-0.2, -0.15) is 0 Å². The molecule has 1 aliphatic heterocycles. The van der Waals surface area contributed by atoms with Crippen molar-refractivity contribution in [3.63, 3.8) is 0 Å². The van der Waals surface area contributed by atoms with Crippen LogP contribution in [0, 0.1) is 0 Å². The van der Waals surface area contributed by atoms with Crippen LogP contribution in [0.15, 0.2) is 30.3 Å². The van der Waals surface area contributed by atoms with Gasteiger partial charge in [0.1, 0.15) is 0 Å². The van der Waals surface area contributed by atoms with Crippen molar-refractivity contribution in [1.29, 1.82) is 0 Å². The number of ether oxygens (including phenoxy) is 1. The van der Waals surface area contributed by atoms with Gasteiger partial charge in [-0.15, -0.1) is 0 Å². The van der Waals surface area contributed by atoms with E-state index in [0.29, 0.717) is 0 Å². The monoisotopic (exact) mass is 289 g/mol. The van der Waals surface area contributed by atoms with Crippen molar-refractivity contribution in [2.75, 3.05) is 13.1 Å². The molecule has 1 heterocycles. The standard InChI is InChI=1S/C17H23NO3/c1-13-10-18(12-17(2,3)21-13)11-15-7-5-4-6-14(15)8-9-16(19)20/h4-9,13H,10-12H2,1-3H3,(H,19,20). The van der Waals surface area contributed by atoms with Crippen molar-refractivity contribution in [1.82, 2.24) is 4.90 Å². The molecule has 1 aliphatic rings. The highest BCUT2D eigenvalue weighted by molar-refractivity contribution is 5.85. The molecule has 0 amide bonds. The van der Waals surface area contributed by atoms with Gasteiger partial charge < -0.3 is 9.84 Å². The van der Waals surface area contributed by atoms with E-state index in [9.17, 15) is 4.79 Å². The number of morpholine rings is 1. The van der Waals surface area contributed by atoms with E-state index in [2.05, 4.69) is 31.7 Å². The van der Waals surface area contributed by atoms with E-state index in [1.165, 1.54) is 6.08 Å². The number of hydrogen-bond donors (Lipinski definition) is 1. The van der Waals surface area contributed by atoms with Gasteiger partial charge >= 0.3 is 5.97 Å². The fourth-order valence-corrected chi connectivity index (χ4v) is 2.95. The Balaban J connectivity index is 2.14. The average molecular weight is 289 g/mol. The second-order valence-electron chi connectivity index (χ2n) is 6.23. The molecular weight excluding hydrogens is 266 g/mol. The van der Waals surface area contributed by atoms with Crippen LogP contribution in [0.2, 0.25) is 0 Å². The van der Waals surface area contributed by atoms with Crippen LogP contribution >= 0.6 is 0 Å². The molecule has 4 heteroatoms. The Morgan fingerprint density at radius 3 is 2.86 bits per heavy atom. The fourth-order valence-electron chi connectivity index (χ4n) is 2.95. The molecule has 0 saturated carbocycles. The Morgan fingerprint density at radius 1 is 1.48 bits per heavy atom. The van der Waals surface area contributed by atoms with Crippen molar-refractivity contribution in [3.8, 4) is 0 Å². The van der Waals surface area contributed by atoms with Crippen molar-refractivity contribution in [3.05, 3.63) is 41.5 Å². The van der Waals surface area contributed by atoms with Crippen molar-refractivity contribution >= 4 is 12.0 Å². The van der Waals surface area contributed by atoms with E-state index in [4.69, 9.17) is 9.84 Å². The van der Waals surface area contributed by atoms with Gasteiger partial charge in [0.15, 0.2) is 0 Å². The van der Waals surface area contributed by atoms with Crippen LogP contribution in [0.3, 0.4) is 0 Å². The summed E-state index contributed by atoms with van der Waals surface area (Å²) < 4.78 is 5.92. The first-order valence-electron chi connectivity index (χ1n) is 7.25. The lowest BCUT2D eigenvalue weighted by atomic mass is 10.0. The Morgan fingerprint density at radius 2 is 2.19 bits per heavy atom. The van der Waals surface area contributed by atoms with Crippen LogP contribution < -0.4 is 0 Å². The van der Waals surface area contributed by atoms with Crippen LogP contribution in [-0.2, 0) is 16.1 Å². The normalized spacial score (nSPS) is 22.5. The molecule has 21 heavy (non-hydrogen) atoms. The number of rotatable bonds is 4. The summed E-state index contributed by atoms with van der Waals surface area (Å²) in [6.45, 7) is 8.86. The molecule has 1 aromatic rings. The smallest absolute Gasteiger partial charge is 0.328 e. The van der Waals surface area contributed by atoms with Gasteiger partial charge in [0.2, 0.25) is 0 Å². The Kier molecular flexibility index (Phi) is 4.80. The molecule has 0 radical (unpaired) electrons. The van der Waals surface area contributed by atoms with E-state index in [1.807, 2.05) is 18.2 Å². The molecule has 0 bridgehead atoms. The minimum absolute atomic E-state index is 0.149. The summed E-state index contributed by atoms with van der Waals surface area (Å²) in [7, 11) is 0. The Hall–Kier alpha value is -1.65. The maximum absolute atomic E-state index is 10.7. The second kappa shape index (κ2) is 6.41. The first-order chi connectivity index (χ1) is 9.85. The third kappa shape index (κ3) is 4.69. The summed E-state index contributed by atoms with van der Waals surface area (Å²) >= 11 is 0. The maximum Gasteiger partial charge on any atom is 0.328 e. The largest absolute Gasteiger partial charge is 0.478 e.